The molecule has 0 atom stereocenters. The highest BCUT2D eigenvalue weighted by Crippen LogP contribution is 2.25. The Kier molecular flexibility index (Phi) is 4.94. The van der Waals surface area contributed by atoms with E-state index in [1.807, 2.05) is 0 Å². The maximum Gasteiger partial charge on any atom is 0.337 e. The number of guanidine groups is 1. The number of hydrogen-bond donors (Lipinski definition) is 2. The fourth-order valence-corrected chi connectivity index (χ4v) is 1.68. The molecule has 0 aliphatic rings. The third-order valence-corrected chi connectivity index (χ3v) is 2.49. The number of hydrogen-bond acceptors (Lipinski definition) is 4. The van der Waals surface area contributed by atoms with Gasteiger partial charge in [-0.25, -0.2) is 4.79 Å². The van der Waals surface area contributed by atoms with E-state index >= 15 is 0 Å². The number of halogens is 2. The molecule has 0 fully saturated rings. The van der Waals surface area contributed by atoms with Gasteiger partial charge in [-0.1, -0.05) is 23.2 Å². The Bertz CT molecular complexity index is 502. The lowest BCUT2D eigenvalue weighted by molar-refractivity contribution is 0.0600. The van der Waals surface area contributed by atoms with E-state index in [0.29, 0.717) is 5.56 Å². The van der Waals surface area contributed by atoms with Crippen LogP contribution in [0.2, 0.25) is 10.0 Å². The average Bonchev–Trinajstić information content (AvgIpc) is 2.31. The van der Waals surface area contributed by atoms with E-state index in [-0.39, 0.29) is 21.6 Å². The van der Waals surface area contributed by atoms with Crippen molar-refractivity contribution in [2.75, 3.05) is 7.11 Å². The van der Waals surface area contributed by atoms with Crippen molar-refractivity contribution in [3.63, 3.8) is 0 Å². The Morgan fingerprint density at radius 3 is 2.33 bits per heavy atom. The van der Waals surface area contributed by atoms with Gasteiger partial charge in [0.05, 0.1) is 28.9 Å². The molecule has 4 N–H and O–H groups in total. The molecule has 0 saturated heterocycles. The zero-order valence-corrected chi connectivity index (χ0v) is 10.9. The summed E-state index contributed by atoms with van der Waals surface area (Å²) in [6.07, 6.45) is 1.28. The van der Waals surface area contributed by atoms with Gasteiger partial charge in [0.25, 0.3) is 0 Å². The van der Waals surface area contributed by atoms with Crippen LogP contribution in [0.25, 0.3) is 0 Å². The van der Waals surface area contributed by atoms with E-state index in [2.05, 4.69) is 14.9 Å². The molecular weight excluding hydrogens is 279 g/mol. The second kappa shape index (κ2) is 6.23. The van der Waals surface area contributed by atoms with E-state index in [9.17, 15) is 4.79 Å². The summed E-state index contributed by atoms with van der Waals surface area (Å²) in [6.45, 7) is 0. The van der Waals surface area contributed by atoms with Gasteiger partial charge in [-0.2, -0.15) is 5.10 Å². The van der Waals surface area contributed by atoms with Crippen molar-refractivity contribution in [2.45, 2.75) is 0 Å². The van der Waals surface area contributed by atoms with Gasteiger partial charge in [0.2, 0.25) is 5.96 Å². The Morgan fingerprint density at radius 2 is 1.89 bits per heavy atom. The van der Waals surface area contributed by atoms with Crippen LogP contribution < -0.4 is 11.5 Å². The van der Waals surface area contributed by atoms with Crippen molar-refractivity contribution in [1.82, 2.24) is 0 Å². The Balaban J connectivity index is 3.13. The fourth-order valence-electron chi connectivity index (χ4n) is 1.10. The van der Waals surface area contributed by atoms with Crippen LogP contribution in [-0.2, 0) is 4.74 Å². The van der Waals surface area contributed by atoms with Gasteiger partial charge in [0, 0.05) is 5.56 Å². The number of carbonyl (C=O) groups excluding carboxylic acids is 1. The molecule has 0 unspecified atom stereocenters. The molecule has 0 spiro atoms. The first-order valence-electron chi connectivity index (χ1n) is 4.65. The predicted octanol–water partition coefficient (Wildman–Crippen LogP) is 1.39. The maximum absolute atomic E-state index is 11.3. The number of benzene rings is 1. The predicted molar refractivity (Wildman–Crippen MR) is 71.2 cm³/mol. The first kappa shape index (κ1) is 14.3. The van der Waals surface area contributed by atoms with Gasteiger partial charge in [0.1, 0.15) is 0 Å². The lowest BCUT2D eigenvalue weighted by atomic mass is 10.1. The van der Waals surface area contributed by atoms with Crippen LogP contribution >= 0.6 is 23.2 Å². The van der Waals surface area contributed by atoms with Gasteiger partial charge in [-0.05, 0) is 12.1 Å². The SMILES string of the molecule is COC(=O)c1cc(Cl)c(C=NN=C(N)N)c(Cl)c1. The number of carbonyl (C=O) groups is 1. The molecule has 8 heteroatoms. The van der Waals surface area contributed by atoms with Crippen LogP contribution in [-0.4, -0.2) is 25.3 Å². The molecule has 1 aromatic carbocycles. The number of methoxy groups -OCH3 is 1. The number of nitrogens with two attached hydrogens (primary N) is 2. The minimum atomic E-state index is -0.536. The first-order chi connectivity index (χ1) is 8.45. The Morgan fingerprint density at radius 1 is 1.33 bits per heavy atom. The van der Waals surface area contributed by atoms with E-state index in [1.54, 1.807) is 0 Å². The second-order valence-electron chi connectivity index (χ2n) is 3.11. The van der Waals surface area contributed by atoms with Crippen molar-refractivity contribution < 1.29 is 9.53 Å². The van der Waals surface area contributed by atoms with Crippen LogP contribution in [0.4, 0.5) is 0 Å². The summed E-state index contributed by atoms with van der Waals surface area (Å²) in [4.78, 5) is 11.3. The number of nitrogens with zero attached hydrogens (tertiary/aromatic N) is 2. The lowest BCUT2D eigenvalue weighted by Gasteiger charge is -2.04. The van der Waals surface area contributed by atoms with Crippen molar-refractivity contribution in [2.24, 2.45) is 21.7 Å². The Hall–Kier alpha value is -1.79. The lowest BCUT2D eigenvalue weighted by Crippen LogP contribution is -2.21. The molecule has 0 radical (unpaired) electrons. The van der Waals surface area contributed by atoms with Crippen molar-refractivity contribution in [3.05, 3.63) is 33.3 Å². The summed E-state index contributed by atoms with van der Waals surface area (Å²) in [5.41, 5.74) is 10.8. The van der Waals surface area contributed by atoms with Gasteiger partial charge in [0.15, 0.2) is 0 Å². The first-order valence-corrected chi connectivity index (χ1v) is 5.40. The molecule has 1 aromatic rings. The summed E-state index contributed by atoms with van der Waals surface area (Å²) in [6, 6.07) is 2.83. The monoisotopic (exact) mass is 288 g/mol. The van der Waals surface area contributed by atoms with Crippen LogP contribution in [0.5, 0.6) is 0 Å². The summed E-state index contributed by atoms with van der Waals surface area (Å²) in [5, 5.41) is 7.46. The van der Waals surface area contributed by atoms with Crippen LogP contribution in [0.1, 0.15) is 15.9 Å². The smallest absolute Gasteiger partial charge is 0.337 e. The van der Waals surface area contributed by atoms with Crippen LogP contribution in [0, 0.1) is 0 Å². The zero-order valence-electron chi connectivity index (χ0n) is 9.35. The molecule has 1 rings (SSSR count). The quantitative estimate of drug-likeness (QED) is 0.380. The molecule has 0 amide bonds. The minimum Gasteiger partial charge on any atom is -0.465 e. The van der Waals surface area contributed by atoms with E-state index in [0.717, 1.165) is 0 Å². The largest absolute Gasteiger partial charge is 0.465 e. The van der Waals surface area contributed by atoms with Crippen LogP contribution in [0.3, 0.4) is 0 Å². The molecule has 18 heavy (non-hydrogen) atoms. The molecular formula is C10H10Cl2N4O2. The molecule has 0 heterocycles. The standard InChI is InChI=1S/C10H10Cl2N4O2/c1-18-9(17)5-2-7(11)6(8(12)3-5)4-15-16-10(13)14/h2-4H,1H3,(H4,13,14,16). The molecule has 0 saturated carbocycles. The second-order valence-corrected chi connectivity index (χ2v) is 3.93. The van der Waals surface area contributed by atoms with Crippen molar-refractivity contribution in [3.8, 4) is 0 Å². The normalized spacial score (nSPS) is 10.4. The maximum atomic E-state index is 11.3. The van der Waals surface area contributed by atoms with Crippen LogP contribution in [0.15, 0.2) is 22.3 Å². The summed E-state index contributed by atoms with van der Waals surface area (Å²) < 4.78 is 4.55. The minimum absolute atomic E-state index is 0.190. The van der Waals surface area contributed by atoms with E-state index in [1.165, 1.54) is 25.5 Å². The van der Waals surface area contributed by atoms with Gasteiger partial charge < -0.3 is 16.2 Å². The summed E-state index contributed by atoms with van der Waals surface area (Å²) >= 11 is 11.9. The molecule has 0 bridgehead atoms. The van der Waals surface area contributed by atoms with Gasteiger partial charge >= 0.3 is 5.97 Å². The molecule has 0 aliphatic carbocycles. The van der Waals surface area contributed by atoms with Crippen molar-refractivity contribution in [1.29, 1.82) is 0 Å². The fraction of sp³-hybridized carbons (Fsp3) is 0.100. The third-order valence-electron chi connectivity index (χ3n) is 1.86. The zero-order chi connectivity index (χ0) is 13.7. The topological polar surface area (TPSA) is 103 Å². The highest BCUT2D eigenvalue weighted by Gasteiger charge is 2.12. The molecule has 96 valence electrons. The number of rotatable bonds is 3. The molecule has 0 aliphatic heterocycles. The van der Waals surface area contributed by atoms with E-state index in [4.69, 9.17) is 34.7 Å². The number of ether oxygens (including phenoxy) is 1. The molecule has 0 aromatic heterocycles. The molecule has 6 nitrogen and oxygen atoms in total. The highest BCUT2D eigenvalue weighted by atomic mass is 35.5. The van der Waals surface area contributed by atoms with Crippen molar-refractivity contribution >= 4 is 41.3 Å². The number of esters is 1. The average molecular weight is 289 g/mol. The van der Waals surface area contributed by atoms with E-state index < -0.39 is 5.97 Å². The highest BCUT2D eigenvalue weighted by molar-refractivity contribution is 6.39. The third kappa shape index (κ3) is 3.61. The van der Waals surface area contributed by atoms with Gasteiger partial charge in [-0.15, -0.1) is 5.10 Å². The summed E-state index contributed by atoms with van der Waals surface area (Å²) in [7, 11) is 1.26. The Labute approximate surface area is 113 Å². The summed E-state index contributed by atoms with van der Waals surface area (Å²) in [5.74, 6) is -0.726. The van der Waals surface area contributed by atoms with Gasteiger partial charge in [-0.3, -0.25) is 0 Å².